The van der Waals surface area contributed by atoms with Crippen molar-refractivity contribution in [3.05, 3.63) is 72.4 Å². The first-order valence-corrected chi connectivity index (χ1v) is 6.39. The Morgan fingerprint density at radius 1 is 0.950 bits per heavy atom. The van der Waals surface area contributed by atoms with Crippen molar-refractivity contribution < 1.29 is 4.79 Å². The van der Waals surface area contributed by atoms with Crippen molar-refractivity contribution in [3.63, 3.8) is 0 Å². The normalized spacial score (nSPS) is 11.7. The van der Waals surface area contributed by atoms with Gasteiger partial charge in [0, 0.05) is 6.20 Å². The SMILES string of the molecule is NC(=O)C(=Cc1ccccc1)n1ccc2ccccc21. The second-order valence-corrected chi connectivity index (χ2v) is 4.55. The van der Waals surface area contributed by atoms with Crippen molar-refractivity contribution in [3.8, 4) is 0 Å². The zero-order chi connectivity index (χ0) is 13.9. The van der Waals surface area contributed by atoms with Gasteiger partial charge in [-0.05, 0) is 29.2 Å². The molecule has 0 bridgehead atoms. The Morgan fingerprint density at radius 3 is 2.40 bits per heavy atom. The predicted molar refractivity (Wildman–Crippen MR) is 81.7 cm³/mol. The fourth-order valence-electron chi connectivity index (χ4n) is 2.26. The fourth-order valence-corrected chi connectivity index (χ4v) is 2.26. The largest absolute Gasteiger partial charge is 0.364 e. The summed E-state index contributed by atoms with van der Waals surface area (Å²) >= 11 is 0. The average Bonchev–Trinajstić information content (AvgIpc) is 2.89. The standard InChI is InChI=1S/C17H14N2O/c18-17(20)16(12-13-6-2-1-3-7-13)19-11-10-14-8-4-5-9-15(14)19/h1-12H,(H2,18,20). The first kappa shape index (κ1) is 12.2. The first-order valence-electron chi connectivity index (χ1n) is 6.39. The second kappa shape index (κ2) is 5.05. The van der Waals surface area contributed by atoms with Gasteiger partial charge in [-0.2, -0.15) is 0 Å². The Hall–Kier alpha value is -2.81. The minimum atomic E-state index is -0.449. The van der Waals surface area contributed by atoms with E-state index in [1.807, 2.05) is 71.4 Å². The molecule has 98 valence electrons. The molecule has 0 aliphatic rings. The summed E-state index contributed by atoms with van der Waals surface area (Å²) in [6.07, 6.45) is 3.67. The molecule has 0 aliphatic carbocycles. The summed E-state index contributed by atoms with van der Waals surface area (Å²) in [5.74, 6) is -0.449. The lowest BCUT2D eigenvalue weighted by Gasteiger charge is -2.07. The number of aromatic nitrogens is 1. The molecule has 0 radical (unpaired) electrons. The number of hydrogen-bond donors (Lipinski definition) is 1. The molecule has 0 spiro atoms. The maximum absolute atomic E-state index is 11.8. The van der Waals surface area contributed by atoms with E-state index in [9.17, 15) is 4.79 Å². The molecule has 1 amide bonds. The number of hydrogen-bond acceptors (Lipinski definition) is 1. The molecule has 0 unspecified atom stereocenters. The van der Waals surface area contributed by atoms with Crippen LogP contribution in [-0.2, 0) is 4.79 Å². The van der Waals surface area contributed by atoms with Gasteiger partial charge >= 0.3 is 0 Å². The summed E-state index contributed by atoms with van der Waals surface area (Å²) in [5, 5.41) is 1.08. The van der Waals surface area contributed by atoms with Crippen LogP contribution in [0, 0.1) is 0 Å². The van der Waals surface area contributed by atoms with E-state index in [0.29, 0.717) is 5.70 Å². The van der Waals surface area contributed by atoms with Crippen LogP contribution < -0.4 is 5.73 Å². The maximum Gasteiger partial charge on any atom is 0.265 e. The molecule has 0 fully saturated rings. The van der Waals surface area contributed by atoms with Crippen LogP contribution in [0.2, 0.25) is 0 Å². The second-order valence-electron chi connectivity index (χ2n) is 4.55. The molecule has 3 heteroatoms. The van der Waals surface area contributed by atoms with Crippen LogP contribution in [-0.4, -0.2) is 10.5 Å². The van der Waals surface area contributed by atoms with Gasteiger partial charge in [-0.15, -0.1) is 0 Å². The van der Waals surface area contributed by atoms with Gasteiger partial charge in [0.05, 0.1) is 5.52 Å². The van der Waals surface area contributed by atoms with E-state index in [4.69, 9.17) is 5.73 Å². The summed E-state index contributed by atoms with van der Waals surface area (Å²) < 4.78 is 1.82. The topological polar surface area (TPSA) is 48.0 Å². The number of benzene rings is 2. The quantitative estimate of drug-likeness (QED) is 0.724. The highest BCUT2D eigenvalue weighted by molar-refractivity contribution is 6.19. The molecular formula is C17H14N2O. The predicted octanol–water partition coefficient (Wildman–Crippen LogP) is 3.12. The van der Waals surface area contributed by atoms with Gasteiger partial charge in [-0.25, -0.2) is 0 Å². The summed E-state index contributed by atoms with van der Waals surface area (Å²) in [6, 6.07) is 19.5. The van der Waals surface area contributed by atoms with Crippen molar-refractivity contribution in [1.29, 1.82) is 0 Å². The zero-order valence-corrected chi connectivity index (χ0v) is 10.9. The number of nitrogens with zero attached hydrogens (tertiary/aromatic N) is 1. The van der Waals surface area contributed by atoms with E-state index in [1.54, 1.807) is 6.08 Å². The van der Waals surface area contributed by atoms with Crippen LogP contribution in [0.15, 0.2) is 66.9 Å². The maximum atomic E-state index is 11.8. The Balaban J connectivity index is 2.17. The fraction of sp³-hybridized carbons (Fsp3) is 0. The van der Waals surface area contributed by atoms with E-state index in [1.165, 1.54) is 0 Å². The average molecular weight is 262 g/mol. The van der Waals surface area contributed by atoms with Crippen LogP contribution in [0.5, 0.6) is 0 Å². The van der Waals surface area contributed by atoms with E-state index in [2.05, 4.69) is 0 Å². The van der Waals surface area contributed by atoms with Gasteiger partial charge in [0.2, 0.25) is 0 Å². The monoisotopic (exact) mass is 262 g/mol. The molecular weight excluding hydrogens is 248 g/mol. The molecule has 2 aromatic carbocycles. The molecule has 3 nitrogen and oxygen atoms in total. The molecule has 3 rings (SSSR count). The number of carbonyl (C=O) groups excluding carboxylic acids is 1. The lowest BCUT2D eigenvalue weighted by molar-refractivity contribution is -0.113. The van der Waals surface area contributed by atoms with Gasteiger partial charge in [-0.3, -0.25) is 4.79 Å². The molecule has 1 aromatic heterocycles. The van der Waals surface area contributed by atoms with Crippen LogP contribution >= 0.6 is 0 Å². The Labute approximate surface area is 116 Å². The number of amides is 1. The highest BCUT2D eigenvalue weighted by Gasteiger charge is 2.10. The number of rotatable bonds is 3. The third-order valence-corrected chi connectivity index (χ3v) is 3.21. The zero-order valence-electron chi connectivity index (χ0n) is 10.9. The minimum absolute atomic E-state index is 0.449. The van der Waals surface area contributed by atoms with Crippen molar-refractivity contribution >= 4 is 28.6 Å². The Bertz CT molecular complexity index is 785. The third-order valence-electron chi connectivity index (χ3n) is 3.21. The van der Waals surface area contributed by atoms with E-state index in [-0.39, 0.29) is 0 Å². The van der Waals surface area contributed by atoms with Crippen molar-refractivity contribution in [2.75, 3.05) is 0 Å². The molecule has 1 heterocycles. The molecule has 0 aliphatic heterocycles. The molecule has 0 atom stereocenters. The van der Waals surface area contributed by atoms with Crippen molar-refractivity contribution in [2.24, 2.45) is 5.73 Å². The van der Waals surface area contributed by atoms with Crippen molar-refractivity contribution in [2.45, 2.75) is 0 Å². The molecule has 3 aromatic rings. The summed E-state index contributed by atoms with van der Waals surface area (Å²) in [5.41, 5.74) is 7.90. The Kier molecular flexibility index (Phi) is 3.09. The molecule has 0 saturated heterocycles. The lowest BCUT2D eigenvalue weighted by Crippen LogP contribution is -2.17. The van der Waals surface area contributed by atoms with Gasteiger partial charge in [-0.1, -0.05) is 48.5 Å². The summed E-state index contributed by atoms with van der Waals surface area (Å²) in [6.45, 7) is 0. The van der Waals surface area contributed by atoms with Crippen LogP contribution in [0.25, 0.3) is 22.7 Å². The van der Waals surface area contributed by atoms with Gasteiger partial charge in [0.15, 0.2) is 0 Å². The van der Waals surface area contributed by atoms with Crippen LogP contribution in [0.3, 0.4) is 0 Å². The van der Waals surface area contributed by atoms with Crippen LogP contribution in [0.1, 0.15) is 5.56 Å². The molecule has 2 N–H and O–H groups in total. The number of primary amides is 1. The highest BCUT2D eigenvalue weighted by atomic mass is 16.1. The Morgan fingerprint density at radius 2 is 1.65 bits per heavy atom. The molecule has 20 heavy (non-hydrogen) atoms. The summed E-state index contributed by atoms with van der Waals surface area (Å²) in [7, 11) is 0. The van der Waals surface area contributed by atoms with Crippen LogP contribution in [0.4, 0.5) is 0 Å². The third kappa shape index (κ3) is 2.21. The molecule has 0 saturated carbocycles. The van der Waals surface area contributed by atoms with E-state index < -0.39 is 5.91 Å². The summed E-state index contributed by atoms with van der Waals surface area (Å²) in [4.78, 5) is 11.8. The van der Waals surface area contributed by atoms with Gasteiger partial charge in [0.25, 0.3) is 5.91 Å². The smallest absolute Gasteiger partial charge is 0.265 e. The van der Waals surface area contributed by atoms with E-state index >= 15 is 0 Å². The van der Waals surface area contributed by atoms with Gasteiger partial charge in [0.1, 0.15) is 5.70 Å². The lowest BCUT2D eigenvalue weighted by atomic mass is 10.2. The number of carbonyl (C=O) groups is 1. The number of fused-ring (bicyclic) bond motifs is 1. The van der Waals surface area contributed by atoms with E-state index in [0.717, 1.165) is 16.5 Å². The highest BCUT2D eigenvalue weighted by Crippen LogP contribution is 2.21. The van der Waals surface area contributed by atoms with Crippen molar-refractivity contribution in [1.82, 2.24) is 4.57 Å². The first-order chi connectivity index (χ1) is 9.75. The number of nitrogens with two attached hydrogens (primary N) is 1. The minimum Gasteiger partial charge on any atom is -0.364 e. The van der Waals surface area contributed by atoms with Gasteiger partial charge < -0.3 is 10.3 Å². The number of para-hydroxylation sites is 1.